The maximum atomic E-state index is 12.2. The summed E-state index contributed by atoms with van der Waals surface area (Å²) in [4.78, 5) is 4.07. The quantitative estimate of drug-likeness (QED) is 0.426. The summed E-state index contributed by atoms with van der Waals surface area (Å²) in [5.41, 5.74) is 0. The average molecular weight is 289 g/mol. The Morgan fingerprint density at radius 1 is 1.25 bits per heavy atom. The van der Waals surface area contributed by atoms with Crippen LogP contribution >= 0.6 is 0 Å². The zero-order valence-corrected chi connectivity index (χ0v) is 13.3. The molecule has 6 heteroatoms. The van der Waals surface area contributed by atoms with E-state index in [1.165, 1.54) is 0 Å². The molecule has 0 radical (unpaired) electrons. The van der Waals surface area contributed by atoms with Crippen molar-refractivity contribution in [3.63, 3.8) is 0 Å². The van der Waals surface area contributed by atoms with Crippen LogP contribution in [-0.4, -0.2) is 24.1 Å². The maximum absolute atomic E-state index is 12.2. The predicted octanol–water partition coefficient (Wildman–Crippen LogP) is 3.92. The van der Waals surface area contributed by atoms with Crippen molar-refractivity contribution in [2.45, 2.75) is 58.8 Å². The summed E-state index contributed by atoms with van der Waals surface area (Å²) in [6.07, 6.45) is -3.02. The molecule has 0 aromatic rings. The molecule has 0 aliphatic rings. The van der Waals surface area contributed by atoms with E-state index in [1.54, 1.807) is 0 Å². The van der Waals surface area contributed by atoms with Gasteiger partial charge in [-0.1, -0.05) is 40.0 Å². The van der Waals surface area contributed by atoms with Crippen LogP contribution in [-0.2, 0) is 19.5 Å². The number of rotatable bonds is 4. The Morgan fingerprint density at radius 3 is 2.06 bits per heavy atom. The minimum absolute atomic E-state index is 0. The number of hydrogen-bond acceptors (Lipinski definition) is 1. The number of halogens is 3. The smallest absolute Gasteiger partial charge is 0.390 e. The maximum Gasteiger partial charge on any atom is 0.390 e. The molecule has 2 nitrogen and oxygen atoms in total. The van der Waals surface area contributed by atoms with Gasteiger partial charge in [-0.15, -0.1) is 0 Å². The van der Waals surface area contributed by atoms with Crippen molar-refractivity contribution in [3.05, 3.63) is 5.32 Å². The van der Waals surface area contributed by atoms with Gasteiger partial charge in [-0.05, 0) is 12.5 Å². The molecule has 0 aliphatic carbocycles. The van der Waals surface area contributed by atoms with Crippen LogP contribution in [0.25, 0.3) is 5.32 Å². The van der Waals surface area contributed by atoms with Gasteiger partial charge in [0.05, 0.1) is 6.04 Å². The molecule has 0 spiro atoms. The van der Waals surface area contributed by atoms with Crippen molar-refractivity contribution in [1.82, 2.24) is 0 Å². The van der Waals surface area contributed by atoms with E-state index in [9.17, 15) is 13.2 Å². The van der Waals surface area contributed by atoms with Crippen LogP contribution in [0, 0.1) is 0 Å². The molecule has 0 bridgehead atoms. The Labute approximate surface area is 108 Å². The van der Waals surface area contributed by atoms with Crippen LogP contribution in [0.15, 0.2) is 4.99 Å². The molecule has 0 saturated carbocycles. The van der Waals surface area contributed by atoms with E-state index in [-0.39, 0.29) is 25.5 Å². The van der Waals surface area contributed by atoms with Crippen LogP contribution in [0.5, 0.6) is 0 Å². The molecule has 92 valence electrons. The van der Waals surface area contributed by atoms with Gasteiger partial charge in [0.25, 0.3) is 0 Å². The predicted molar refractivity (Wildman–Crippen MR) is 56.4 cm³/mol. The van der Waals surface area contributed by atoms with Gasteiger partial charge in [-0.3, -0.25) is 0 Å². The van der Waals surface area contributed by atoms with E-state index in [4.69, 9.17) is 0 Å². The molecule has 0 aliphatic heterocycles. The largest absolute Gasteiger partial charge is 0.466 e. The average Bonchev–Trinajstić information content (AvgIpc) is 2.01. The summed E-state index contributed by atoms with van der Waals surface area (Å²) in [5, 5.41) is 3.60. The van der Waals surface area contributed by atoms with Crippen molar-refractivity contribution in [2.24, 2.45) is 4.99 Å². The molecule has 16 heavy (non-hydrogen) atoms. The Morgan fingerprint density at radius 2 is 1.75 bits per heavy atom. The van der Waals surface area contributed by atoms with Gasteiger partial charge in [0.2, 0.25) is 0 Å². The summed E-state index contributed by atoms with van der Waals surface area (Å²) < 4.78 is 36.7. The molecule has 0 aromatic carbocycles. The fraction of sp³-hybridized carbons (Fsp3) is 0.900. The minimum atomic E-state index is -4.27. The SMILES string of the molecule is CCCC(=NC(C)C)[N-]C(C)C(F)(F)F.[Zn]. The first-order valence-corrected chi connectivity index (χ1v) is 5.11. The second-order valence-corrected chi connectivity index (χ2v) is 3.74. The van der Waals surface area contributed by atoms with Crippen molar-refractivity contribution in [2.75, 3.05) is 0 Å². The molecule has 0 N–H and O–H groups in total. The second kappa shape index (κ2) is 8.05. The molecule has 0 heterocycles. The third-order valence-corrected chi connectivity index (χ3v) is 1.70. The Kier molecular flexibility index (Phi) is 9.18. The van der Waals surface area contributed by atoms with Crippen LogP contribution in [0.3, 0.4) is 0 Å². The summed E-state index contributed by atoms with van der Waals surface area (Å²) in [7, 11) is 0. The zero-order valence-electron chi connectivity index (χ0n) is 10.3. The van der Waals surface area contributed by atoms with Crippen molar-refractivity contribution in [3.8, 4) is 0 Å². The molecular formula is C10H18F3N2Zn-. The van der Waals surface area contributed by atoms with Crippen LogP contribution in [0.1, 0.15) is 40.5 Å². The summed E-state index contributed by atoms with van der Waals surface area (Å²) in [5.74, 6) is 0.317. The monoisotopic (exact) mass is 287 g/mol. The molecular weight excluding hydrogens is 271 g/mol. The summed E-state index contributed by atoms with van der Waals surface area (Å²) in [6, 6.07) is -1.68. The number of amidine groups is 1. The number of aliphatic imine (C=N–C) groups is 1. The van der Waals surface area contributed by atoms with Crippen LogP contribution < -0.4 is 0 Å². The molecule has 0 saturated heterocycles. The molecule has 0 rings (SSSR count). The van der Waals surface area contributed by atoms with E-state index >= 15 is 0 Å². The Balaban J connectivity index is 0. The molecule has 1 atom stereocenters. The van der Waals surface area contributed by atoms with Crippen LogP contribution in [0.2, 0.25) is 0 Å². The third-order valence-electron chi connectivity index (χ3n) is 1.70. The molecule has 0 aromatic heterocycles. The van der Waals surface area contributed by atoms with Gasteiger partial charge < -0.3 is 10.3 Å². The van der Waals surface area contributed by atoms with Gasteiger partial charge in [0, 0.05) is 19.5 Å². The molecule has 1 unspecified atom stereocenters. The van der Waals surface area contributed by atoms with Gasteiger partial charge >= 0.3 is 6.18 Å². The van der Waals surface area contributed by atoms with Gasteiger partial charge in [0.15, 0.2) is 0 Å². The number of alkyl halides is 3. The van der Waals surface area contributed by atoms with Gasteiger partial charge in [-0.2, -0.15) is 13.2 Å². The minimum Gasteiger partial charge on any atom is -0.466 e. The zero-order chi connectivity index (χ0) is 12.1. The van der Waals surface area contributed by atoms with Crippen LogP contribution in [0.4, 0.5) is 13.2 Å². The van der Waals surface area contributed by atoms with Gasteiger partial charge in [-0.25, -0.2) is 0 Å². The van der Waals surface area contributed by atoms with E-state index in [0.29, 0.717) is 12.3 Å². The summed E-state index contributed by atoms with van der Waals surface area (Å²) in [6.45, 7) is 6.59. The third kappa shape index (κ3) is 8.08. The first-order valence-electron chi connectivity index (χ1n) is 5.11. The van der Waals surface area contributed by atoms with E-state index < -0.39 is 12.2 Å². The van der Waals surface area contributed by atoms with Crippen molar-refractivity contribution >= 4 is 5.84 Å². The van der Waals surface area contributed by atoms with E-state index in [0.717, 1.165) is 13.3 Å². The second-order valence-electron chi connectivity index (χ2n) is 3.74. The van der Waals surface area contributed by atoms with Crippen molar-refractivity contribution in [1.29, 1.82) is 0 Å². The Bertz CT molecular complexity index is 215. The van der Waals surface area contributed by atoms with E-state index in [1.807, 2.05) is 20.8 Å². The fourth-order valence-electron chi connectivity index (χ4n) is 0.981. The normalized spacial score (nSPS) is 14.6. The molecule has 0 amide bonds. The Hall–Kier alpha value is -0.117. The van der Waals surface area contributed by atoms with Gasteiger partial charge in [0.1, 0.15) is 0 Å². The molecule has 0 fully saturated rings. The fourth-order valence-corrected chi connectivity index (χ4v) is 0.981. The van der Waals surface area contributed by atoms with Crippen molar-refractivity contribution < 1.29 is 32.6 Å². The van der Waals surface area contributed by atoms with E-state index in [2.05, 4.69) is 10.3 Å². The number of hydrogen-bond donors (Lipinski definition) is 0. The first kappa shape index (κ1) is 18.3. The topological polar surface area (TPSA) is 26.5 Å². The number of nitrogens with zero attached hydrogens (tertiary/aromatic N) is 2. The first-order chi connectivity index (χ1) is 6.77. The summed E-state index contributed by atoms with van der Waals surface area (Å²) >= 11 is 0. The standard InChI is InChI=1S/C10H18F3N2.Zn/c1-5-6-9(14-7(2)3)15-8(4)10(11,12)13;/h7-8H,5-6H2,1-4H3;/q-1;.